The molecule has 0 atom stereocenters. The second kappa shape index (κ2) is 11.4. The van der Waals surface area contributed by atoms with E-state index in [1.54, 1.807) is 25.1 Å². The molecular weight excluding hydrogens is 465 g/mol. The molecule has 36 heavy (non-hydrogen) atoms. The van der Waals surface area contributed by atoms with Gasteiger partial charge in [0.1, 0.15) is 43.5 Å². The number of esters is 1. The molecule has 0 fully saturated rings. The van der Waals surface area contributed by atoms with Gasteiger partial charge in [-0.15, -0.1) is 0 Å². The number of rotatable bonds is 10. The smallest absolute Gasteiger partial charge is 0.302 e. The first-order valence-electron chi connectivity index (χ1n) is 11.3. The van der Waals surface area contributed by atoms with Crippen LogP contribution in [0.1, 0.15) is 18.1 Å². The van der Waals surface area contributed by atoms with Gasteiger partial charge < -0.3 is 24.3 Å². The average molecular weight is 492 g/mol. The van der Waals surface area contributed by atoms with E-state index < -0.39 is 5.82 Å². The normalized spacial score (nSPS) is 10.7. The van der Waals surface area contributed by atoms with Gasteiger partial charge >= 0.3 is 5.97 Å². The molecule has 0 radical (unpaired) electrons. The topological polar surface area (TPSA) is 91.8 Å². The second-order valence-electron chi connectivity index (χ2n) is 7.93. The van der Waals surface area contributed by atoms with Crippen LogP contribution >= 0.6 is 0 Å². The number of benzene rings is 3. The van der Waals surface area contributed by atoms with Crippen LogP contribution in [-0.4, -0.2) is 36.3 Å². The third-order valence-corrected chi connectivity index (χ3v) is 5.32. The number of hydrogen-bond acceptors (Lipinski definition) is 8. The summed E-state index contributed by atoms with van der Waals surface area (Å²) in [7, 11) is 1.51. The highest BCUT2D eigenvalue weighted by atomic mass is 19.1. The molecule has 0 spiro atoms. The van der Waals surface area contributed by atoms with Gasteiger partial charge in [-0.1, -0.05) is 30.3 Å². The molecule has 4 rings (SSSR count). The highest BCUT2D eigenvalue weighted by molar-refractivity contribution is 5.93. The van der Waals surface area contributed by atoms with E-state index in [1.165, 1.54) is 26.4 Å². The van der Waals surface area contributed by atoms with Crippen LogP contribution in [0.15, 0.2) is 60.9 Å². The van der Waals surface area contributed by atoms with Crippen molar-refractivity contribution >= 4 is 28.4 Å². The number of aryl methyl sites for hydroxylation is 1. The van der Waals surface area contributed by atoms with Crippen LogP contribution in [0.4, 0.5) is 15.9 Å². The number of anilines is 2. The average Bonchev–Trinajstić information content (AvgIpc) is 2.87. The maximum Gasteiger partial charge on any atom is 0.302 e. The molecule has 9 heteroatoms. The number of ether oxygens (including phenoxy) is 4. The molecule has 0 aliphatic heterocycles. The number of aromatic nitrogens is 2. The first-order valence-corrected chi connectivity index (χ1v) is 11.3. The highest BCUT2D eigenvalue weighted by Gasteiger charge is 2.15. The van der Waals surface area contributed by atoms with E-state index in [1.807, 2.05) is 30.3 Å². The predicted molar refractivity (Wildman–Crippen MR) is 133 cm³/mol. The zero-order valence-electron chi connectivity index (χ0n) is 20.2. The lowest BCUT2D eigenvalue weighted by molar-refractivity contribution is -0.141. The third-order valence-electron chi connectivity index (χ3n) is 5.32. The summed E-state index contributed by atoms with van der Waals surface area (Å²) in [6.07, 6.45) is 1.37. The van der Waals surface area contributed by atoms with E-state index in [-0.39, 0.29) is 24.9 Å². The Morgan fingerprint density at radius 1 is 0.972 bits per heavy atom. The number of hydrogen-bond donors (Lipinski definition) is 1. The molecule has 0 aliphatic rings. The minimum absolute atomic E-state index is 0.106. The van der Waals surface area contributed by atoms with Crippen LogP contribution in [0.25, 0.3) is 10.9 Å². The van der Waals surface area contributed by atoms with Crippen LogP contribution < -0.4 is 19.5 Å². The van der Waals surface area contributed by atoms with Crippen LogP contribution in [0.2, 0.25) is 0 Å². The summed E-state index contributed by atoms with van der Waals surface area (Å²) in [5, 5.41) is 3.66. The Morgan fingerprint density at radius 3 is 2.53 bits per heavy atom. The van der Waals surface area contributed by atoms with E-state index in [2.05, 4.69) is 15.3 Å². The van der Waals surface area contributed by atoms with Gasteiger partial charge in [0.25, 0.3) is 0 Å². The number of nitrogens with zero attached hydrogens (tertiary/aromatic N) is 2. The van der Waals surface area contributed by atoms with Crippen molar-refractivity contribution in [2.24, 2.45) is 0 Å². The monoisotopic (exact) mass is 491 g/mol. The number of halogens is 1. The zero-order chi connectivity index (χ0) is 25.5. The van der Waals surface area contributed by atoms with Crippen molar-refractivity contribution in [2.45, 2.75) is 20.5 Å². The van der Waals surface area contributed by atoms with Crippen molar-refractivity contribution in [1.82, 2.24) is 9.97 Å². The maximum absolute atomic E-state index is 14.9. The fourth-order valence-electron chi connectivity index (χ4n) is 3.54. The molecule has 0 bridgehead atoms. The first kappa shape index (κ1) is 24.7. The van der Waals surface area contributed by atoms with Gasteiger partial charge in [-0.2, -0.15) is 0 Å². The Balaban J connectivity index is 1.58. The molecule has 0 unspecified atom stereocenters. The summed E-state index contributed by atoms with van der Waals surface area (Å²) >= 11 is 0. The minimum Gasteiger partial charge on any atom is -0.493 e. The third kappa shape index (κ3) is 5.99. The molecule has 8 nitrogen and oxygen atoms in total. The van der Waals surface area contributed by atoms with Crippen molar-refractivity contribution in [2.75, 3.05) is 25.6 Å². The van der Waals surface area contributed by atoms with E-state index in [0.717, 1.165) is 5.56 Å². The van der Waals surface area contributed by atoms with Crippen molar-refractivity contribution in [1.29, 1.82) is 0 Å². The summed E-state index contributed by atoms with van der Waals surface area (Å²) in [4.78, 5) is 19.6. The van der Waals surface area contributed by atoms with Gasteiger partial charge in [-0.05, 0) is 30.2 Å². The predicted octanol–water partition coefficient (Wildman–Crippen LogP) is 5.35. The lowest BCUT2D eigenvalue weighted by Gasteiger charge is -2.15. The fraction of sp³-hybridized carbons (Fsp3) is 0.222. The van der Waals surface area contributed by atoms with Gasteiger partial charge in [0.2, 0.25) is 0 Å². The standard InChI is InChI=1S/C27H26FN3O5/c1-17-11-21(28)23(14-24(17)36-15-19-7-5-4-6-8-19)31-27-20-12-25(33-3)26(13-22(20)29-16-30-27)35-10-9-34-18(2)32/h4-8,11-14,16H,9-10,15H2,1-3H3,(H,29,30,31). The molecular formula is C27H26FN3O5. The van der Waals surface area contributed by atoms with Crippen LogP contribution in [0.5, 0.6) is 17.2 Å². The molecule has 4 aromatic rings. The molecule has 0 aliphatic carbocycles. The van der Waals surface area contributed by atoms with Gasteiger partial charge in [0.15, 0.2) is 11.5 Å². The molecule has 0 saturated carbocycles. The lowest BCUT2D eigenvalue weighted by Crippen LogP contribution is -2.10. The van der Waals surface area contributed by atoms with Crippen LogP contribution in [0, 0.1) is 12.7 Å². The van der Waals surface area contributed by atoms with Crippen LogP contribution in [-0.2, 0) is 16.1 Å². The number of carbonyl (C=O) groups is 1. The van der Waals surface area contributed by atoms with Crippen molar-refractivity contribution < 1.29 is 28.1 Å². The number of fused-ring (bicyclic) bond motifs is 1. The van der Waals surface area contributed by atoms with E-state index >= 15 is 0 Å². The molecule has 0 saturated heterocycles. The number of methoxy groups -OCH3 is 1. The largest absolute Gasteiger partial charge is 0.493 e. The van der Waals surface area contributed by atoms with Gasteiger partial charge in [-0.25, -0.2) is 14.4 Å². The SMILES string of the molecule is COc1cc2c(Nc3cc(OCc4ccccc4)c(C)cc3F)ncnc2cc1OCCOC(C)=O. The van der Waals surface area contributed by atoms with Gasteiger partial charge in [0.05, 0.1) is 18.3 Å². The van der Waals surface area contributed by atoms with Gasteiger partial charge in [0, 0.05) is 24.4 Å². The molecule has 3 aromatic carbocycles. The first-order chi connectivity index (χ1) is 17.4. The summed E-state index contributed by atoms with van der Waals surface area (Å²) in [6.45, 7) is 3.74. The van der Waals surface area contributed by atoms with Crippen LogP contribution in [0.3, 0.4) is 0 Å². The van der Waals surface area contributed by atoms with Crippen molar-refractivity contribution in [3.05, 3.63) is 77.9 Å². The summed E-state index contributed by atoms with van der Waals surface area (Å²) in [5.41, 5.74) is 2.46. The summed E-state index contributed by atoms with van der Waals surface area (Å²) in [5.74, 6) is 0.983. The summed E-state index contributed by atoms with van der Waals surface area (Å²) < 4.78 is 36.9. The molecule has 1 aromatic heterocycles. The van der Waals surface area contributed by atoms with Crippen molar-refractivity contribution in [3.8, 4) is 17.2 Å². The summed E-state index contributed by atoms with van der Waals surface area (Å²) in [6, 6.07) is 16.2. The quantitative estimate of drug-likeness (QED) is 0.234. The lowest BCUT2D eigenvalue weighted by atomic mass is 10.1. The maximum atomic E-state index is 14.9. The molecule has 186 valence electrons. The van der Waals surface area contributed by atoms with Crippen molar-refractivity contribution in [3.63, 3.8) is 0 Å². The number of carbonyl (C=O) groups excluding carboxylic acids is 1. The molecule has 1 heterocycles. The number of nitrogens with one attached hydrogen (secondary N) is 1. The van der Waals surface area contributed by atoms with E-state index in [4.69, 9.17) is 18.9 Å². The van der Waals surface area contributed by atoms with E-state index in [9.17, 15) is 9.18 Å². The van der Waals surface area contributed by atoms with E-state index in [0.29, 0.717) is 46.1 Å². The highest BCUT2D eigenvalue weighted by Crippen LogP contribution is 2.36. The Morgan fingerprint density at radius 2 is 1.78 bits per heavy atom. The zero-order valence-corrected chi connectivity index (χ0v) is 20.2. The Kier molecular flexibility index (Phi) is 7.79. The Labute approximate surface area is 208 Å². The Bertz CT molecular complexity index is 1360. The molecule has 1 N–H and O–H groups in total. The second-order valence-corrected chi connectivity index (χ2v) is 7.93. The molecule has 0 amide bonds. The Hall–Kier alpha value is -4.40. The fourth-order valence-corrected chi connectivity index (χ4v) is 3.54. The minimum atomic E-state index is -0.441. The van der Waals surface area contributed by atoms with Gasteiger partial charge in [-0.3, -0.25) is 4.79 Å².